The Hall–Kier alpha value is -2.63. The smallest absolute Gasteiger partial charge is 0.255 e. The molecular weight excluding hydrogens is 316 g/mol. The second-order valence-corrected chi connectivity index (χ2v) is 7.18. The summed E-state index contributed by atoms with van der Waals surface area (Å²) in [6, 6.07) is 6.03. The van der Waals surface area contributed by atoms with Gasteiger partial charge in [-0.1, -0.05) is 26.8 Å². The van der Waals surface area contributed by atoms with E-state index in [1.807, 2.05) is 26.0 Å². The Morgan fingerprint density at radius 1 is 1.32 bits per heavy atom. The second-order valence-electron chi connectivity index (χ2n) is 7.18. The number of fused-ring (bicyclic) bond motifs is 1. The summed E-state index contributed by atoms with van der Waals surface area (Å²) in [5, 5.41) is 7.05. The van der Waals surface area contributed by atoms with Crippen LogP contribution in [0.5, 0.6) is 0 Å². The molecule has 0 aliphatic rings. The summed E-state index contributed by atoms with van der Waals surface area (Å²) in [6.45, 7) is 11.3. The first-order chi connectivity index (χ1) is 11.8. The van der Waals surface area contributed by atoms with Gasteiger partial charge < -0.3 is 9.73 Å². The number of carbonyl (C=O) groups excluding carboxylic acids is 1. The van der Waals surface area contributed by atoms with Crippen molar-refractivity contribution >= 4 is 17.0 Å². The number of amides is 1. The first-order valence-corrected chi connectivity index (χ1v) is 8.50. The van der Waals surface area contributed by atoms with Crippen LogP contribution in [0.25, 0.3) is 11.1 Å². The van der Waals surface area contributed by atoms with Crippen LogP contribution >= 0.6 is 0 Å². The molecule has 3 aromatic rings. The predicted octanol–water partition coefficient (Wildman–Crippen LogP) is 3.58. The van der Waals surface area contributed by atoms with Crippen molar-refractivity contribution in [1.82, 2.24) is 20.1 Å². The second kappa shape index (κ2) is 6.35. The summed E-state index contributed by atoms with van der Waals surface area (Å²) in [5.41, 5.74) is 4.23. The Balaban J connectivity index is 1.74. The third kappa shape index (κ3) is 3.43. The van der Waals surface area contributed by atoms with Crippen molar-refractivity contribution in [2.45, 2.75) is 53.1 Å². The number of nitrogens with one attached hydrogen (secondary N) is 1. The number of aryl methyl sites for hydroxylation is 1. The number of nitrogens with zero attached hydrogens (tertiary/aromatic N) is 3. The van der Waals surface area contributed by atoms with E-state index in [0.717, 1.165) is 23.3 Å². The normalized spacial score (nSPS) is 11.9. The number of hydrogen-bond acceptors (Lipinski definition) is 4. The fourth-order valence-corrected chi connectivity index (χ4v) is 2.76. The lowest BCUT2D eigenvalue weighted by atomic mass is 9.87. The van der Waals surface area contributed by atoms with Crippen molar-refractivity contribution < 1.29 is 9.21 Å². The van der Waals surface area contributed by atoms with Crippen LogP contribution in [0.1, 0.15) is 55.2 Å². The molecule has 2 heterocycles. The van der Waals surface area contributed by atoms with Gasteiger partial charge in [0.25, 0.3) is 5.91 Å². The highest BCUT2D eigenvalue weighted by atomic mass is 16.3. The van der Waals surface area contributed by atoms with E-state index < -0.39 is 0 Å². The van der Waals surface area contributed by atoms with Crippen LogP contribution in [-0.4, -0.2) is 20.7 Å². The van der Waals surface area contributed by atoms with E-state index in [1.54, 1.807) is 10.9 Å². The number of hydrogen-bond donors (Lipinski definition) is 1. The molecule has 0 aliphatic carbocycles. The summed E-state index contributed by atoms with van der Waals surface area (Å²) in [5.74, 6) is 0.324. The highest BCUT2D eigenvalue weighted by Crippen LogP contribution is 2.26. The van der Waals surface area contributed by atoms with Crippen LogP contribution in [0.4, 0.5) is 0 Å². The van der Waals surface area contributed by atoms with Crippen molar-refractivity contribution in [2.24, 2.45) is 0 Å². The zero-order valence-electron chi connectivity index (χ0n) is 15.4. The van der Waals surface area contributed by atoms with Gasteiger partial charge in [0.05, 0.1) is 18.3 Å². The van der Waals surface area contributed by atoms with Crippen molar-refractivity contribution in [2.75, 3.05) is 0 Å². The van der Waals surface area contributed by atoms with Crippen LogP contribution in [0.2, 0.25) is 0 Å². The lowest BCUT2D eigenvalue weighted by Gasteiger charge is -2.18. The van der Waals surface area contributed by atoms with Crippen molar-refractivity contribution in [1.29, 1.82) is 0 Å². The van der Waals surface area contributed by atoms with Crippen LogP contribution in [0.3, 0.4) is 0 Å². The van der Waals surface area contributed by atoms with E-state index in [0.29, 0.717) is 11.5 Å². The zero-order valence-corrected chi connectivity index (χ0v) is 15.4. The van der Waals surface area contributed by atoms with Crippen LogP contribution in [0.15, 0.2) is 28.8 Å². The van der Waals surface area contributed by atoms with Gasteiger partial charge in [0.2, 0.25) is 5.89 Å². The molecular formula is C19H24N4O2. The average Bonchev–Trinajstić information content (AvgIpc) is 3.13. The lowest BCUT2D eigenvalue weighted by Crippen LogP contribution is -2.23. The molecule has 3 rings (SSSR count). The molecule has 0 radical (unpaired) electrons. The maximum absolute atomic E-state index is 12.3. The summed E-state index contributed by atoms with van der Waals surface area (Å²) in [4.78, 5) is 16.8. The minimum absolute atomic E-state index is 0.0540. The summed E-state index contributed by atoms with van der Waals surface area (Å²) in [6.07, 6.45) is 1.59. The Bertz CT molecular complexity index is 915. The standard InChI is InChI=1S/C19H24N4O2/c1-6-23-12(2)14(10-21-23)18(24)20-11-17-22-15-9-13(19(3,4)5)7-8-16(15)25-17/h7-10H,6,11H2,1-5H3,(H,20,24). The Labute approximate surface area is 147 Å². The molecule has 6 heteroatoms. The largest absolute Gasteiger partial charge is 0.439 e. The van der Waals surface area contributed by atoms with Gasteiger partial charge in [-0.25, -0.2) is 4.98 Å². The average molecular weight is 340 g/mol. The zero-order chi connectivity index (χ0) is 18.2. The molecule has 0 unspecified atom stereocenters. The van der Waals surface area contributed by atoms with Crippen LogP contribution < -0.4 is 5.32 Å². The fraction of sp³-hybridized carbons (Fsp3) is 0.421. The highest BCUT2D eigenvalue weighted by Gasteiger charge is 2.17. The van der Waals surface area contributed by atoms with Gasteiger partial charge in [-0.2, -0.15) is 5.10 Å². The number of carbonyl (C=O) groups is 1. The third-order valence-corrected chi connectivity index (χ3v) is 4.35. The molecule has 0 bridgehead atoms. The number of rotatable bonds is 4. The summed E-state index contributed by atoms with van der Waals surface area (Å²) >= 11 is 0. The Morgan fingerprint density at radius 2 is 2.08 bits per heavy atom. The van der Waals surface area contributed by atoms with Crippen LogP contribution in [-0.2, 0) is 18.5 Å². The van der Waals surface area contributed by atoms with E-state index in [-0.39, 0.29) is 17.9 Å². The van der Waals surface area contributed by atoms with Gasteiger partial charge in [0.1, 0.15) is 5.52 Å². The molecule has 1 amide bonds. The fourth-order valence-electron chi connectivity index (χ4n) is 2.76. The van der Waals surface area contributed by atoms with Crippen molar-refractivity contribution in [3.63, 3.8) is 0 Å². The lowest BCUT2D eigenvalue weighted by molar-refractivity contribution is 0.0946. The SMILES string of the molecule is CCn1ncc(C(=O)NCc2nc3cc(C(C)(C)C)ccc3o2)c1C. The summed E-state index contributed by atoms with van der Waals surface area (Å²) in [7, 11) is 0. The molecule has 132 valence electrons. The van der Waals surface area contributed by atoms with E-state index in [4.69, 9.17) is 4.42 Å². The Kier molecular flexibility index (Phi) is 4.37. The van der Waals surface area contributed by atoms with Crippen molar-refractivity contribution in [3.05, 3.63) is 47.1 Å². The van der Waals surface area contributed by atoms with E-state index in [9.17, 15) is 4.79 Å². The van der Waals surface area contributed by atoms with Gasteiger partial charge >= 0.3 is 0 Å². The maximum Gasteiger partial charge on any atom is 0.255 e. The van der Waals surface area contributed by atoms with E-state index >= 15 is 0 Å². The highest BCUT2D eigenvalue weighted by molar-refractivity contribution is 5.94. The topological polar surface area (TPSA) is 73.0 Å². The van der Waals surface area contributed by atoms with E-state index in [2.05, 4.69) is 42.2 Å². The maximum atomic E-state index is 12.3. The molecule has 25 heavy (non-hydrogen) atoms. The molecule has 0 spiro atoms. The monoisotopic (exact) mass is 340 g/mol. The molecule has 0 fully saturated rings. The van der Waals surface area contributed by atoms with Gasteiger partial charge in [-0.15, -0.1) is 0 Å². The predicted molar refractivity (Wildman–Crippen MR) is 96.5 cm³/mol. The van der Waals surface area contributed by atoms with E-state index in [1.165, 1.54) is 5.56 Å². The molecule has 0 saturated carbocycles. The number of benzene rings is 1. The molecule has 2 aromatic heterocycles. The van der Waals surface area contributed by atoms with Gasteiger partial charge in [-0.05, 0) is 37.0 Å². The molecule has 1 aromatic carbocycles. The molecule has 0 atom stereocenters. The molecule has 0 aliphatic heterocycles. The minimum atomic E-state index is -0.171. The molecule has 6 nitrogen and oxygen atoms in total. The van der Waals surface area contributed by atoms with Crippen LogP contribution in [0, 0.1) is 6.92 Å². The van der Waals surface area contributed by atoms with Gasteiger partial charge in [-0.3, -0.25) is 9.48 Å². The quantitative estimate of drug-likeness (QED) is 0.788. The third-order valence-electron chi connectivity index (χ3n) is 4.35. The first kappa shape index (κ1) is 17.2. The molecule has 0 saturated heterocycles. The van der Waals surface area contributed by atoms with Gasteiger partial charge in [0, 0.05) is 12.2 Å². The molecule has 1 N–H and O–H groups in total. The summed E-state index contributed by atoms with van der Waals surface area (Å²) < 4.78 is 7.53. The number of oxazole rings is 1. The Morgan fingerprint density at radius 3 is 2.72 bits per heavy atom. The van der Waals surface area contributed by atoms with Crippen molar-refractivity contribution in [3.8, 4) is 0 Å². The first-order valence-electron chi connectivity index (χ1n) is 8.50. The van der Waals surface area contributed by atoms with Gasteiger partial charge in [0.15, 0.2) is 5.58 Å². The minimum Gasteiger partial charge on any atom is -0.439 e. The number of aromatic nitrogens is 3.